The van der Waals surface area contributed by atoms with E-state index >= 15 is 0 Å². The molecule has 3 rings (SSSR count). The highest BCUT2D eigenvalue weighted by Gasteiger charge is 2.63. The van der Waals surface area contributed by atoms with Crippen LogP contribution in [0, 0.1) is 5.92 Å². The summed E-state index contributed by atoms with van der Waals surface area (Å²) in [5.41, 5.74) is -0.791. The molecule has 5 heteroatoms. The molecule has 2 heterocycles. The number of rotatable bonds is 2. The van der Waals surface area contributed by atoms with Gasteiger partial charge in [-0.05, 0) is 18.8 Å². The Kier molecular flexibility index (Phi) is 1.80. The van der Waals surface area contributed by atoms with Crippen LogP contribution in [0.1, 0.15) is 12.8 Å². The number of alkyl halides is 2. The SMILES string of the molecule is COC(=O)C12CC(C1)C(C(F)F)N2. The van der Waals surface area contributed by atoms with Gasteiger partial charge in [0.2, 0.25) is 0 Å². The Labute approximate surface area is 74.4 Å². The number of methoxy groups -OCH3 is 1. The molecule has 1 aliphatic carbocycles. The molecule has 74 valence electrons. The van der Waals surface area contributed by atoms with Crippen molar-refractivity contribution in [3.63, 3.8) is 0 Å². The molecule has 0 amide bonds. The minimum Gasteiger partial charge on any atom is -0.468 e. The first kappa shape index (κ1) is 8.87. The number of nitrogens with one attached hydrogen (secondary N) is 1. The molecule has 13 heavy (non-hydrogen) atoms. The lowest BCUT2D eigenvalue weighted by molar-refractivity contribution is -0.150. The number of hydrogen-bond acceptors (Lipinski definition) is 3. The summed E-state index contributed by atoms with van der Waals surface area (Å²) in [4.78, 5) is 11.2. The van der Waals surface area contributed by atoms with Crippen molar-refractivity contribution in [3.05, 3.63) is 0 Å². The van der Waals surface area contributed by atoms with Crippen molar-refractivity contribution < 1.29 is 18.3 Å². The summed E-state index contributed by atoms with van der Waals surface area (Å²) in [5, 5.41) is 2.67. The second-order valence-electron chi connectivity index (χ2n) is 3.75. The van der Waals surface area contributed by atoms with Crippen molar-refractivity contribution in [3.8, 4) is 0 Å². The van der Waals surface area contributed by atoms with Crippen molar-refractivity contribution in [2.24, 2.45) is 5.92 Å². The molecule has 0 aromatic rings. The zero-order valence-corrected chi connectivity index (χ0v) is 7.22. The Morgan fingerprint density at radius 2 is 2.23 bits per heavy atom. The van der Waals surface area contributed by atoms with Gasteiger partial charge in [-0.1, -0.05) is 0 Å². The average Bonchev–Trinajstić information content (AvgIpc) is 2.56. The van der Waals surface area contributed by atoms with Gasteiger partial charge in [0.25, 0.3) is 6.43 Å². The predicted octanol–water partition coefficient (Wildman–Crippen LogP) is 0.545. The molecule has 1 atom stereocenters. The second-order valence-corrected chi connectivity index (χ2v) is 3.75. The molecular formula is C8H11F2NO2. The van der Waals surface area contributed by atoms with Crippen molar-refractivity contribution in [2.75, 3.05) is 7.11 Å². The maximum absolute atomic E-state index is 12.3. The molecule has 3 nitrogen and oxygen atoms in total. The molecule has 1 N–H and O–H groups in total. The molecule has 2 bridgehead atoms. The van der Waals surface area contributed by atoms with Crippen LogP contribution in [0.5, 0.6) is 0 Å². The summed E-state index contributed by atoms with van der Waals surface area (Å²) < 4.78 is 29.2. The monoisotopic (exact) mass is 191 g/mol. The smallest absolute Gasteiger partial charge is 0.326 e. The van der Waals surface area contributed by atoms with Gasteiger partial charge in [-0.2, -0.15) is 0 Å². The third-order valence-corrected chi connectivity index (χ3v) is 3.02. The van der Waals surface area contributed by atoms with Gasteiger partial charge in [-0.15, -0.1) is 0 Å². The number of hydrogen-bond donors (Lipinski definition) is 1. The van der Waals surface area contributed by atoms with Crippen molar-refractivity contribution in [1.29, 1.82) is 0 Å². The van der Waals surface area contributed by atoms with Crippen LogP contribution in [0.25, 0.3) is 0 Å². The highest BCUT2D eigenvalue weighted by atomic mass is 19.3. The lowest BCUT2D eigenvalue weighted by Gasteiger charge is -2.34. The minimum atomic E-state index is -2.39. The summed E-state index contributed by atoms with van der Waals surface area (Å²) in [7, 11) is 1.28. The third-order valence-electron chi connectivity index (χ3n) is 3.02. The number of carbonyl (C=O) groups excluding carboxylic acids is 1. The van der Waals surface area contributed by atoms with Crippen LogP contribution in [-0.4, -0.2) is 31.1 Å². The Morgan fingerprint density at radius 3 is 2.62 bits per heavy atom. The molecule has 2 aliphatic heterocycles. The molecule has 1 saturated carbocycles. The van der Waals surface area contributed by atoms with E-state index in [-0.39, 0.29) is 5.92 Å². The first-order valence-electron chi connectivity index (χ1n) is 4.23. The van der Waals surface area contributed by atoms with Gasteiger partial charge in [0, 0.05) is 0 Å². The van der Waals surface area contributed by atoms with E-state index in [1.165, 1.54) is 7.11 Å². The highest BCUT2D eigenvalue weighted by molar-refractivity contribution is 5.83. The third kappa shape index (κ3) is 1.06. The van der Waals surface area contributed by atoms with E-state index in [9.17, 15) is 13.6 Å². The number of fused-ring (bicyclic) bond motifs is 1. The summed E-state index contributed by atoms with van der Waals surface area (Å²) in [6.07, 6.45) is -1.40. The number of esters is 1. The molecule has 0 aromatic heterocycles. The van der Waals surface area contributed by atoms with Crippen LogP contribution < -0.4 is 5.32 Å². The van der Waals surface area contributed by atoms with Gasteiger partial charge in [-0.3, -0.25) is 10.1 Å². The summed E-state index contributed by atoms with van der Waals surface area (Å²) in [6, 6.07) is -0.820. The van der Waals surface area contributed by atoms with Crippen LogP contribution in [0.15, 0.2) is 0 Å². The van der Waals surface area contributed by atoms with Gasteiger partial charge >= 0.3 is 5.97 Å². The quantitative estimate of drug-likeness (QED) is 0.647. The fraction of sp³-hybridized carbons (Fsp3) is 0.875. The Bertz CT molecular complexity index is 238. The fourth-order valence-corrected chi connectivity index (χ4v) is 2.33. The van der Waals surface area contributed by atoms with Crippen LogP contribution in [0.4, 0.5) is 8.78 Å². The van der Waals surface area contributed by atoms with E-state index in [2.05, 4.69) is 10.1 Å². The molecule has 0 aromatic carbocycles. The molecule has 1 unspecified atom stereocenters. The molecular weight excluding hydrogens is 180 g/mol. The molecule has 0 spiro atoms. The lowest BCUT2D eigenvalue weighted by atomic mass is 9.72. The lowest BCUT2D eigenvalue weighted by Crippen LogP contribution is -2.51. The highest BCUT2D eigenvalue weighted by Crippen LogP contribution is 2.49. The van der Waals surface area contributed by atoms with Crippen LogP contribution in [0.2, 0.25) is 0 Å². The molecule has 0 radical (unpaired) electrons. The molecule has 3 fully saturated rings. The van der Waals surface area contributed by atoms with E-state index in [4.69, 9.17) is 0 Å². The summed E-state index contributed by atoms with van der Waals surface area (Å²) in [6.45, 7) is 0. The summed E-state index contributed by atoms with van der Waals surface area (Å²) in [5.74, 6) is -0.467. The zero-order chi connectivity index (χ0) is 9.64. The van der Waals surface area contributed by atoms with Crippen LogP contribution in [-0.2, 0) is 9.53 Å². The van der Waals surface area contributed by atoms with E-state index in [1.807, 2.05) is 0 Å². The first-order chi connectivity index (χ1) is 6.09. The topological polar surface area (TPSA) is 38.3 Å². The first-order valence-corrected chi connectivity index (χ1v) is 4.23. The maximum atomic E-state index is 12.3. The minimum absolute atomic E-state index is 0.0564. The number of carbonyl (C=O) groups is 1. The van der Waals surface area contributed by atoms with Crippen LogP contribution >= 0.6 is 0 Å². The van der Waals surface area contributed by atoms with E-state index in [1.54, 1.807) is 0 Å². The average molecular weight is 191 g/mol. The number of ether oxygens (including phenoxy) is 1. The van der Waals surface area contributed by atoms with Crippen molar-refractivity contribution in [2.45, 2.75) is 30.8 Å². The van der Waals surface area contributed by atoms with Gasteiger partial charge in [0.05, 0.1) is 13.2 Å². The van der Waals surface area contributed by atoms with Crippen LogP contribution in [0.3, 0.4) is 0 Å². The Hall–Kier alpha value is -0.710. The summed E-state index contributed by atoms with van der Waals surface area (Å²) >= 11 is 0. The Morgan fingerprint density at radius 1 is 1.62 bits per heavy atom. The second kappa shape index (κ2) is 2.64. The zero-order valence-electron chi connectivity index (χ0n) is 7.22. The standard InChI is InChI=1S/C8H11F2NO2/c1-13-7(12)8-2-4(3-8)5(11-8)6(9)10/h4-6,11H,2-3H2,1H3. The predicted molar refractivity (Wildman–Crippen MR) is 40.4 cm³/mol. The number of halogens is 2. The normalized spacial score (nSPS) is 41.8. The van der Waals surface area contributed by atoms with Gasteiger partial charge in [0.1, 0.15) is 5.54 Å². The van der Waals surface area contributed by atoms with Crippen molar-refractivity contribution >= 4 is 5.97 Å². The van der Waals surface area contributed by atoms with Crippen molar-refractivity contribution in [1.82, 2.24) is 5.32 Å². The largest absolute Gasteiger partial charge is 0.468 e. The maximum Gasteiger partial charge on any atom is 0.326 e. The molecule has 2 saturated heterocycles. The van der Waals surface area contributed by atoms with Gasteiger partial charge < -0.3 is 4.74 Å². The van der Waals surface area contributed by atoms with E-state index < -0.39 is 24.0 Å². The van der Waals surface area contributed by atoms with E-state index in [0.29, 0.717) is 12.8 Å². The van der Waals surface area contributed by atoms with Gasteiger partial charge in [0.15, 0.2) is 0 Å². The Balaban J connectivity index is 2.07. The fourth-order valence-electron chi connectivity index (χ4n) is 2.33. The van der Waals surface area contributed by atoms with Gasteiger partial charge in [-0.25, -0.2) is 8.78 Å². The molecule has 3 aliphatic rings. The van der Waals surface area contributed by atoms with E-state index in [0.717, 1.165) is 0 Å².